The second-order valence-electron chi connectivity index (χ2n) is 11.4. The normalized spacial score (nSPS) is 17.3. The molecule has 10 aromatic carbocycles. The highest BCUT2D eigenvalue weighted by atomic mass is 14.2. The lowest BCUT2D eigenvalue weighted by Gasteiger charge is -2.17. The zero-order valence-corrected chi connectivity index (χ0v) is 24.9. The maximum absolute atomic E-state index is 9.64. The van der Waals surface area contributed by atoms with Crippen LogP contribution in [-0.2, 0) is 0 Å². The summed E-state index contributed by atoms with van der Waals surface area (Å²) in [5.41, 5.74) is -0.332. The third kappa shape index (κ3) is 4.16. The molecule has 0 radical (unpaired) electrons. The smallest absolute Gasteiger partial charge is 0.0616 e. The number of hydrogen-bond acceptors (Lipinski definition) is 0. The van der Waals surface area contributed by atoms with E-state index in [4.69, 9.17) is 12.3 Å². The standard InChI is InChI=1S/C48H30/c1-3-14-39-31(8-1)10-6-16-41(39)33-18-20-34(21-19-33)43-26-24-35-22-23-36-25-27-44(46-29-28-45(43)47(35)48(36)46)38-13-5-12-37(30-38)42-17-7-11-32-9-2-4-15-40(32)42/h1-30H/i1D,3D,6D,8D,10D,14D,16D,18D,19D,20D,21D,22D,23D,24D,25D,26D,27D,28D,29D. The van der Waals surface area contributed by atoms with Crippen LogP contribution in [-0.4, -0.2) is 0 Å². The van der Waals surface area contributed by atoms with E-state index in [1.807, 2.05) is 48.5 Å². The van der Waals surface area contributed by atoms with Gasteiger partial charge < -0.3 is 0 Å². The predicted molar refractivity (Wildman–Crippen MR) is 207 cm³/mol. The van der Waals surface area contributed by atoms with Gasteiger partial charge in [0.05, 0.1) is 26.0 Å². The van der Waals surface area contributed by atoms with E-state index in [2.05, 4.69) is 0 Å². The zero-order chi connectivity index (χ0) is 48.1. The first-order valence-corrected chi connectivity index (χ1v) is 15.1. The third-order valence-electron chi connectivity index (χ3n) is 8.69. The highest BCUT2D eigenvalue weighted by Crippen LogP contribution is 2.43. The van der Waals surface area contributed by atoms with Gasteiger partial charge in [0.15, 0.2) is 0 Å². The van der Waals surface area contributed by atoms with Gasteiger partial charge in [0.1, 0.15) is 0 Å². The van der Waals surface area contributed by atoms with Crippen molar-refractivity contribution in [3.63, 3.8) is 0 Å². The van der Waals surface area contributed by atoms with E-state index < -0.39 is 148 Å². The van der Waals surface area contributed by atoms with Gasteiger partial charge >= 0.3 is 0 Å². The van der Waals surface area contributed by atoms with Crippen molar-refractivity contribution in [1.82, 2.24) is 0 Å². The predicted octanol–water partition coefficient (Wildman–Crippen LogP) is 13.6. The second kappa shape index (κ2) is 10.7. The lowest BCUT2D eigenvalue weighted by Crippen LogP contribution is -1.90. The molecule has 0 saturated heterocycles. The van der Waals surface area contributed by atoms with Crippen molar-refractivity contribution in [1.29, 1.82) is 0 Å². The fraction of sp³-hybridized carbons (Fsp3) is 0. The topological polar surface area (TPSA) is 0 Å². The van der Waals surface area contributed by atoms with E-state index >= 15 is 0 Å². The third-order valence-corrected chi connectivity index (χ3v) is 8.69. The molecule has 0 aliphatic rings. The highest BCUT2D eigenvalue weighted by Gasteiger charge is 2.16. The molecule has 0 heterocycles. The van der Waals surface area contributed by atoms with Crippen LogP contribution in [0, 0.1) is 0 Å². The second-order valence-corrected chi connectivity index (χ2v) is 11.4. The Labute approximate surface area is 306 Å². The van der Waals surface area contributed by atoms with Crippen LogP contribution < -0.4 is 0 Å². The van der Waals surface area contributed by atoms with E-state index in [9.17, 15) is 13.7 Å². The summed E-state index contributed by atoms with van der Waals surface area (Å²) in [6.45, 7) is 0. The van der Waals surface area contributed by atoms with Crippen molar-refractivity contribution in [3.05, 3.63) is 182 Å². The number of hydrogen-bond donors (Lipinski definition) is 0. The van der Waals surface area contributed by atoms with Gasteiger partial charge in [0, 0.05) is 0 Å². The van der Waals surface area contributed by atoms with E-state index in [-0.39, 0.29) is 37.9 Å². The Morgan fingerprint density at radius 3 is 1.60 bits per heavy atom. The van der Waals surface area contributed by atoms with Crippen LogP contribution in [0.15, 0.2) is 182 Å². The molecule has 0 bridgehead atoms. The molecule has 10 rings (SSSR count). The minimum Gasteiger partial charge on any atom is -0.0616 e. The van der Waals surface area contributed by atoms with Crippen molar-refractivity contribution in [2.24, 2.45) is 0 Å². The van der Waals surface area contributed by atoms with Gasteiger partial charge in [0.25, 0.3) is 0 Å². The highest BCUT2D eigenvalue weighted by molar-refractivity contribution is 6.27. The molecule has 0 aliphatic carbocycles. The molecule has 10 aromatic rings. The quantitative estimate of drug-likeness (QED) is 0.171. The monoisotopic (exact) mass is 625 g/mol. The van der Waals surface area contributed by atoms with Crippen LogP contribution in [0.25, 0.3) is 98.4 Å². The summed E-state index contributed by atoms with van der Waals surface area (Å²) in [6.07, 6.45) is 0. The summed E-state index contributed by atoms with van der Waals surface area (Å²) in [5.74, 6) is 0. The molecule has 0 nitrogen and oxygen atoms in total. The molecule has 0 heteroatoms. The molecule has 0 aliphatic heterocycles. The molecule has 0 amide bonds. The van der Waals surface area contributed by atoms with Gasteiger partial charge in [0.2, 0.25) is 0 Å². The fourth-order valence-corrected chi connectivity index (χ4v) is 6.47. The van der Waals surface area contributed by atoms with Gasteiger partial charge in [-0.3, -0.25) is 0 Å². The Morgan fingerprint density at radius 2 is 0.854 bits per heavy atom. The van der Waals surface area contributed by atoms with Gasteiger partial charge in [-0.2, -0.15) is 0 Å². The molecule has 0 unspecified atom stereocenters. The summed E-state index contributed by atoms with van der Waals surface area (Å²) in [4.78, 5) is 0. The van der Waals surface area contributed by atoms with Crippen molar-refractivity contribution < 1.29 is 26.0 Å². The van der Waals surface area contributed by atoms with Gasteiger partial charge in [-0.25, -0.2) is 0 Å². The van der Waals surface area contributed by atoms with Crippen molar-refractivity contribution >= 4 is 53.9 Å². The summed E-state index contributed by atoms with van der Waals surface area (Å²) in [7, 11) is 0. The number of rotatable bonds is 4. The maximum Gasteiger partial charge on any atom is 0.0630 e. The molecule has 222 valence electrons. The van der Waals surface area contributed by atoms with Crippen LogP contribution >= 0.6 is 0 Å². The van der Waals surface area contributed by atoms with Crippen LogP contribution in [0.5, 0.6) is 0 Å². The lowest BCUT2D eigenvalue weighted by atomic mass is 9.86. The van der Waals surface area contributed by atoms with Gasteiger partial charge in [-0.15, -0.1) is 0 Å². The van der Waals surface area contributed by atoms with Crippen molar-refractivity contribution in [3.8, 4) is 44.5 Å². The minimum atomic E-state index is -0.889. The Morgan fingerprint density at radius 1 is 0.292 bits per heavy atom. The Bertz CT molecular complexity index is 3870. The molecule has 0 fully saturated rings. The molecule has 0 atom stereocenters. The maximum atomic E-state index is 9.64. The summed E-state index contributed by atoms with van der Waals surface area (Å²) >= 11 is 0. The zero-order valence-electron chi connectivity index (χ0n) is 43.9. The van der Waals surface area contributed by atoms with E-state index in [0.717, 1.165) is 21.9 Å². The average molecular weight is 626 g/mol. The van der Waals surface area contributed by atoms with Gasteiger partial charge in [-0.05, 0) is 104 Å². The Kier molecular flexibility index (Phi) is 3.17. The number of benzene rings is 10. The van der Waals surface area contributed by atoms with E-state index in [1.54, 1.807) is 18.2 Å². The molecular formula is C48H30. The first kappa shape index (κ1) is 14.3. The molecule has 48 heavy (non-hydrogen) atoms. The largest absolute Gasteiger partial charge is 0.0630 e. The van der Waals surface area contributed by atoms with Crippen LogP contribution in [0.1, 0.15) is 26.0 Å². The SMILES string of the molecule is [2H]c1c([2H])c(-c2c([2H])c([2H])c3c([2H])c([2H])c4c([2H])c([2H])c(-c5cccc(-c6cccc7ccccc67)c5)c5c([2H])c([2H])c2c3c45)c([2H])c([2H])c1-c1c([2H])c([2H])c([2H])c2c([2H])c([2H])c([2H])c([2H])c12. The van der Waals surface area contributed by atoms with E-state index in [1.165, 1.54) is 0 Å². The molecule has 0 N–H and O–H groups in total. The Hall–Kier alpha value is -6.24. The van der Waals surface area contributed by atoms with Crippen molar-refractivity contribution in [2.75, 3.05) is 0 Å². The van der Waals surface area contributed by atoms with Crippen LogP contribution in [0.3, 0.4) is 0 Å². The summed E-state index contributed by atoms with van der Waals surface area (Å²) in [5, 5.41) is -0.170. The molecule has 0 aromatic heterocycles. The van der Waals surface area contributed by atoms with Crippen LogP contribution in [0.4, 0.5) is 0 Å². The van der Waals surface area contributed by atoms with Crippen molar-refractivity contribution in [2.45, 2.75) is 0 Å². The first-order chi connectivity index (χ1) is 31.7. The van der Waals surface area contributed by atoms with Gasteiger partial charge in [-0.1, -0.05) is 175 Å². The number of fused-ring (bicyclic) bond motifs is 2. The average Bonchev–Trinajstić information content (AvgIpc) is 3.32. The molecule has 0 spiro atoms. The molecule has 0 saturated carbocycles. The van der Waals surface area contributed by atoms with E-state index in [0.29, 0.717) is 5.56 Å². The lowest BCUT2D eigenvalue weighted by molar-refractivity contribution is 1.62. The molecular weight excluding hydrogens is 577 g/mol. The summed E-state index contributed by atoms with van der Waals surface area (Å²) in [6, 6.07) is 7.13. The summed E-state index contributed by atoms with van der Waals surface area (Å²) < 4.78 is 172. The first-order valence-electron chi connectivity index (χ1n) is 24.6. The minimum absolute atomic E-state index is 0.0434. The van der Waals surface area contributed by atoms with Crippen LogP contribution in [0.2, 0.25) is 0 Å². The fourth-order valence-electron chi connectivity index (χ4n) is 6.47. The Balaban J connectivity index is 1.33.